The molecule has 0 radical (unpaired) electrons. The first-order valence-corrected chi connectivity index (χ1v) is 14.3. The second kappa shape index (κ2) is 9.76. The van der Waals surface area contributed by atoms with Crippen molar-refractivity contribution in [2.75, 3.05) is 29.3 Å². The maximum atomic E-state index is 13.4. The first kappa shape index (κ1) is 24.6. The van der Waals surface area contributed by atoms with Gasteiger partial charge in [0, 0.05) is 54.2 Å². The largest absolute Gasteiger partial charge is 0.368 e. The lowest BCUT2D eigenvalue weighted by Crippen LogP contribution is -2.55. The smallest absolute Gasteiger partial charge is 0.263 e. The molecule has 1 aliphatic rings. The number of halogens is 1. The van der Waals surface area contributed by atoms with E-state index in [0.717, 1.165) is 16.6 Å². The number of thiazole rings is 1. The van der Waals surface area contributed by atoms with Gasteiger partial charge >= 0.3 is 0 Å². The number of benzene rings is 2. The molecule has 1 amide bonds. The molecule has 2 atom stereocenters. The molecule has 1 N–H and O–H groups in total. The standard InChI is InChI=1S/C25H26ClN5O3S2/c1-17-16-29(21-5-7-22(8-6-21)36(33,34)28-25-27-10-14-35-25)12-13-30(17)24(32)18(2)31-11-9-19-3-4-20(26)15-23(19)31/h3-11,14-15,17-18H,12-13,16H2,1-2H3,(H,27,28)/t17-,18-/m0/s1. The Morgan fingerprint density at radius 1 is 1.17 bits per heavy atom. The van der Waals surface area contributed by atoms with Crippen molar-refractivity contribution in [3.8, 4) is 0 Å². The minimum Gasteiger partial charge on any atom is -0.368 e. The maximum absolute atomic E-state index is 13.4. The molecule has 0 unspecified atom stereocenters. The SMILES string of the molecule is C[C@H]1CN(c2ccc(S(=O)(=O)Nc3nccs3)cc2)CCN1C(=O)[C@H](C)n1ccc2ccc(Cl)cc21. The Labute approximate surface area is 219 Å². The Morgan fingerprint density at radius 2 is 1.94 bits per heavy atom. The maximum Gasteiger partial charge on any atom is 0.263 e. The fourth-order valence-electron chi connectivity index (χ4n) is 4.62. The quantitative estimate of drug-likeness (QED) is 0.375. The number of rotatable bonds is 6. The number of amides is 1. The molecule has 188 valence electrons. The lowest BCUT2D eigenvalue weighted by atomic mass is 10.1. The average molecular weight is 544 g/mol. The van der Waals surface area contributed by atoms with Crippen LogP contribution in [0.3, 0.4) is 0 Å². The summed E-state index contributed by atoms with van der Waals surface area (Å²) in [4.78, 5) is 21.7. The van der Waals surface area contributed by atoms with Crippen molar-refractivity contribution in [1.29, 1.82) is 0 Å². The van der Waals surface area contributed by atoms with E-state index in [2.05, 4.69) is 14.6 Å². The summed E-state index contributed by atoms with van der Waals surface area (Å²) < 4.78 is 29.7. The minimum absolute atomic E-state index is 0.00547. The van der Waals surface area contributed by atoms with Crippen molar-refractivity contribution in [3.63, 3.8) is 0 Å². The zero-order chi connectivity index (χ0) is 25.4. The predicted octanol–water partition coefficient (Wildman–Crippen LogP) is 4.85. The molecule has 4 aromatic rings. The van der Waals surface area contributed by atoms with Crippen LogP contribution in [0.5, 0.6) is 0 Å². The lowest BCUT2D eigenvalue weighted by Gasteiger charge is -2.42. The summed E-state index contributed by atoms with van der Waals surface area (Å²) >= 11 is 7.42. The Bertz CT molecular complexity index is 1490. The van der Waals surface area contributed by atoms with E-state index >= 15 is 0 Å². The van der Waals surface area contributed by atoms with Gasteiger partial charge in [-0.3, -0.25) is 9.52 Å². The minimum atomic E-state index is -3.70. The van der Waals surface area contributed by atoms with Crippen LogP contribution in [0.25, 0.3) is 10.9 Å². The Hall–Kier alpha value is -3.08. The number of carbonyl (C=O) groups is 1. The van der Waals surface area contributed by atoms with Crippen molar-refractivity contribution in [1.82, 2.24) is 14.5 Å². The summed E-state index contributed by atoms with van der Waals surface area (Å²) in [6.07, 6.45) is 3.48. The number of sulfonamides is 1. The number of fused-ring (bicyclic) bond motifs is 1. The van der Waals surface area contributed by atoms with E-state index in [4.69, 9.17) is 11.6 Å². The molecule has 36 heavy (non-hydrogen) atoms. The van der Waals surface area contributed by atoms with Gasteiger partial charge in [0.2, 0.25) is 5.91 Å². The van der Waals surface area contributed by atoms with Crippen molar-refractivity contribution < 1.29 is 13.2 Å². The highest BCUT2D eigenvalue weighted by Crippen LogP contribution is 2.27. The van der Waals surface area contributed by atoms with Gasteiger partial charge in [0.1, 0.15) is 6.04 Å². The second-order valence-electron chi connectivity index (χ2n) is 8.87. The predicted molar refractivity (Wildman–Crippen MR) is 144 cm³/mol. The first-order valence-electron chi connectivity index (χ1n) is 11.6. The van der Waals surface area contributed by atoms with Gasteiger partial charge in [-0.1, -0.05) is 17.7 Å². The highest BCUT2D eigenvalue weighted by molar-refractivity contribution is 7.93. The van der Waals surface area contributed by atoms with Crippen molar-refractivity contribution >= 4 is 60.6 Å². The normalized spacial score (nSPS) is 17.4. The molecular weight excluding hydrogens is 518 g/mol. The number of nitrogens with one attached hydrogen (secondary N) is 1. The number of nitrogens with zero attached hydrogens (tertiary/aromatic N) is 4. The molecule has 3 heterocycles. The van der Waals surface area contributed by atoms with Crippen LogP contribution in [0.15, 0.2) is 71.2 Å². The van der Waals surface area contributed by atoms with Crippen LogP contribution in [0.1, 0.15) is 19.9 Å². The Morgan fingerprint density at radius 3 is 2.64 bits per heavy atom. The van der Waals surface area contributed by atoms with E-state index in [0.29, 0.717) is 29.8 Å². The third-order valence-electron chi connectivity index (χ3n) is 6.54. The molecule has 1 saturated heterocycles. The van der Waals surface area contributed by atoms with Crippen LogP contribution in [-0.2, 0) is 14.8 Å². The molecule has 0 spiro atoms. The van der Waals surface area contributed by atoms with Gasteiger partial charge < -0.3 is 14.4 Å². The van der Waals surface area contributed by atoms with Gasteiger partial charge in [0.15, 0.2) is 5.13 Å². The molecule has 2 aromatic carbocycles. The zero-order valence-corrected chi connectivity index (χ0v) is 22.2. The third-order valence-corrected chi connectivity index (χ3v) is 8.94. The number of aromatic nitrogens is 2. The van der Waals surface area contributed by atoms with Crippen molar-refractivity contribution in [2.45, 2.75) is 30.8 Å². The first-order chi connectivity index (χ1) is 17.2. The molecule has 0 saturated carbocycles. The highest BCUT2D eigenvalue weighted by atomic mass is 35.5. The molecule has 5 rings (SSSR count). The number of anilines is 2. The van der Waals surface area contributed by atoms with Gasteiger partial charge in [-0.2, -0.15) is 0 Å². The monoisotopic (exact) mass is 543 g/mol. The van der Waals surface area contributed by atoms with E-state index in [-0.39, 0.29) is 22.9 Å². The van der Waals surface area contributed by atoms with Crippen LogP contribution in [0.4, 0.5) is 10.8 Å². The summed E-state index contributed by atoms with van der Waals surface area (Å²) in [5, 5.41) is 3.73. The molecule has 2 aromatic heterocycles. The number of hydrogen-bond donors (Lipinski definition) is 1. The van der Waals surface area contributed by atoms with E-state index in [1.54, 1.807) is 35.8 Å². The van der Waals surface area contributed by atoms with Crippen LogP contribution in [0.2, 0.25) is 5.02 Å². The lowest BCUT2D eigenvalue weighted by molar-refractivity contribution is -0.136. The number of hydrogen-bond acceptors (Lipinski definition) is 6. The topological polar surface area (TPSA) is 87.5 Å². The Kier molecular flexibility index (Phi) is 6.67. The molecule has 1 fully saturated rings. The summed E-state index contributed by atoms with van der Waals surface area (Å²) in [6, 6.07) is 14.1. The molecule has 8 nitrogen and oxygen atoms in total. The average Bonchev–Trinajstić information content (AvgIpc) is 3.52. The molecular formula is C25H26ClN5O3S2. The summed E-state index contributed by atoms with van der Waals surface area (Å²) in [5.74, 6) is 0.0642. The summed E-state index contributed by atoms with van der Waals surface area (Å²) in [6.45, 7) is 5.85. The van der Waals surface area contributed by atoms with E-state index < -0.39 is 10.0 Å². The van der Waals surface area contributed by atoms with Crippen LogP contribution in [-0.4, -0.2) is 54.5 Å². The number of piperazine rings is 1. The Balaban J connectivity index is 1.26. The van der Waals surface area contributed by atoms with Gasteiger partial charge in [-0.15, -0.1) is 11.3 Å². The zero-order valence-electron chi connectivity index (χ0n) is 19.8. The highest BCUT2D eigenvalue weighted by Gasteiger charge is 2.31. The fraction of sp³-hybridized carbons (Fsp3) is 0.280. The molecule has 0 aliphatic carbocycles. The molecule has 11 heteroatoms. The summed E-state index contributed by atoms with van der Waals surface area (Å²) in [5.41, 5.74) is 1.86. The van der Waals surface area contributed by atoms with E-state index in [9.17, 15) is 13.2 Å². The van der Waals surface area contributed by atoms with E-state index in [1.807, 2.05) is 53.8 Å². The number of carbonyl (C=O) groups excluding carboxylic acids is 1. The fourth-order valence-corrected chi connectivity index (χ4v) is 6.58. The summed E-state index contributed by atoms with van der Waals surface area (Å²) in [7, 11) is -3.70. The van der Waals surface area contributed by atoms with Crippen LogP contribution >= 0.6 is 22.9 Å². The van der Waals surface area contributed by atoms with Gasteiger partial charge in [-0.25, -0.2) is 13.4 Å². The van der Waals surface area contributed by atoms with Crippen LogP contribution < -0.4 is 9.62 Å². The van der Waals surface area contributed by atoms with Crippen molar-refractivity contribution in [2.24, 2.45) is 0 Å². The van der Waals surface area contributed by atoms with Gasteiger partial charge in [0.05, 0.1) is 10.4 Å². The van der Waals surface area contributed by atoms with Gasteiger partial charge in [-0.05, 0) is 61.7 Å². The molecule has 0 bridgehead atoms. The van der Waals surface area contributed by atoms with E-state index in [1.165, 1.54) is 11.3 Å². The van der Waals surface area contributed by atoms with Crippen molar-refractivity contribution in [3.05, 3.63) is 71.3 Å². The van der Waals surface area contributed by atoms with Crippen LogP contribution in [0, 0.1) is 0 Å². The van der Waals surface area contributed by atoms with Gasteiger partial charge in [0.25, 0.3) is 10.0 Å². The molecule has 1 aliphatic heterocycles. The third kappa shape index (κ3) is 4.80. The second-order valence-corrected chi connectivity index (χ2v) is 11.9.